The van der Waals surface area contributed by atoms with E-state index in [0.717, 1.165) is 17.3 Å². The molecule has 26 heavy (non-hydrogen) atoms. The molecule has 0 saturated heterocycles. The van der Waals surface area contributed by atoms with Crippen molar-refractivity contribution in [2.75, 3.05) is 0 Å². The molecule has 0 aromatic rings. The predicted molar refractivity (Wildman–Crippen MR) is 120 cm³/mol. The van der Waals surface area contributed by atoms with Crippen molar-refractivity contribution in [3.63, 3.8) is 0 Å². The number of unbranched alkanes of at least 4 members (excludes halogenated alkanes) is 8. The zero-order chi connectivity index (χ0) is 19.1. The third-order valence-electron chi connectivity index (χ3n) is 6.89. The molecule has 0 radical (unpaired) electrons. The highest BCUT2D eigenvalue weighted by Crippen LogP contribution is 2.44. The van der Waals surface area contributed by atoms with E-state index in [-0.39, 0.29) is 0 Å². The van der Waals surface area contributed by atoms with Gasteiger partial charge in [-0.15, -0.1) is 0 Å². The van der Waals surface area contributed by atoms with E-state index >= 15 is 0 Å². The van der Waals surface area contributed by atoms with Gasteiger partial charge in [-0.25, -0.2) is 0 Å². The minimum absolute atomic E-state index is 0.756. The van der Waals surface area contributed by atoms with Crippen LogP contribution in [0.4, 0.5) is 0 Å². The van der Waals surface area contributed by atoms with Gasteiger partial charge in [0.05, 0.1) is 0 Å². The van der Waals surface area contributed by atoms with Crippen LogP contribution in [0, 0.1) is 17.3 Å². The Bertz CT molecular complexity index is 295. The quantitative estimate of drug-likeness (QED) is 0.239. The molecule has 0 amide bonds. The summed E-state index contributed by atoms with van der Waals surface area (Å²) < 4.78 is 0. The van der Waals surface area contributed by atoms with Crippen LogP contribution in [0.15, 0.2) is 0 Å². The van der Waals surface area contributed by atoms with E-state index in [0.29, 0.717) is 0 Å². The summed E-state index contributed by atoms with van der Waals surface area (Å²) in [4.78, 5) is 0. The second-order valence-electron chi connectivity index (χ2n) is 10.5. The Balaban J connectivity index is 2.06. The van der Waals surface area contributed by atoms with Crippen molar-refractivity contribution in [3.8, 4) is 0 Å². The maximum absolute atomic E-state index is 2.38. The lowest BCUT2D eigenvalue weighted by molar-refractivity contribution is 0.146. The topological polar surface area (TPSA) is 0 Å². The number of hydrogen-bond acceptors (Lipinski definition) is 0. The predicted octanol–water partition coefficient (Wildman–Crippen LogP) is 9.71. The van der Waals surface area contributed by atoms with Crippen LogP contribution in [0.3, 0.4) is 0 Å². The molecule has 1 aliphatic rings. The van der Waals surface area contributed by atoms with Gasteiger partial charge in [0.25, 0.3) is 0 Å². The van der Waals surface area contributed by atoms with Gasteiger partial charge in [-0.1, -0.05) is 124 Å². The van der Waals surface area contributed by atoms with Crippen molar-refractivity contribution in [1.82, 2.24) is 0 Å². The highest BCUT2D eigenvalue weighted by Gasteiger charge is 2.30. The summed E-state index contributed by atoms with van der Waals surface area (Å²) in [5, 5.41) is 0. The van der Waals surface area contributed by atoms with Gasteiger partial charge in [-0.05, 0) is 42.9 Å². The van der Waals surface area contributed by atoms with Crippen molar-refractivity contribution < 1.29 is 0 Å². The molecular weight excluding hydrogens is 312 g/mol. The first kappa shape index (κ1) is 24.0. The van der Waals surface area contributed by atoms with Crippen molar-refractivity contribution in [2.45, 2.75) is 150 Å². The lowest BCUT2D eigenvalue weighted by atomic mass is 9.68. The van der Waals surface area contributed by atoms with Gasteiger partial charge in [0.15, 0.2) is 0 Å². The molecular formula is C26H52. The minimum Gasteiger partial charge on any atom is -0.0628 e. The van der Waals surface area contributed by atoms with Crippen LogP contribution in [0.1, 0.15) is 150 Å². The summed E-state index contributed by atoms with van der Waals surface area (Å²) in [6, 6.07) is 0. The van der Waals surface area contributed by atoms with Crippen molar-refractivity contribution >= 4 is 0 Å². The van der Waals surface area contributed by atoms with Gasteiger partial charge in [0.2, 0.25) is 0 Å². The summed E-state index contributed by atoms with van der Waals surface area (Å²) in [6.45, 7) is 9.45. The second-order valence-corrected chi connectivity index (χ2v) is 10.5. The maximum Gasteiger partial charge on any atom is -0.0297 e. The van der Waals surface area contributed by atoms with Crippen LogP contribution < -0.4 is 0 Å². The largest absolute Gasteiger partial charge is 0.0628 e. The van der Waals surface area contributed by atoms with Crippen molar-refractivity contribution in [2.24, 2.45) is 17.3 Å². The third kappa shape index (κ3) is 12.4. The SMILES string of the molecule is CC(C)CCCCCCCCCCC1(CCCCC(C)C)CCCCC1. The molecule has 0 aromatic carbocycles. The Morgan fingerprint density at radius 2 is 0.885 bits per heavy atom. The Hall–Kier alpha value is 0. The average Bonchev–Trinajstić information content (AvgIpc) is 2.61. The molecule has 0 bridgehead atoms. The molecule has 0 heteroatoms. The first-order chi connectivity index (χ1) is 12.5. The molecule has 156 valence electrons. The molecule has 0 heterocycles. The van der Waals surface area contributed by atoms with Crippen LogP contribution in [0.5, 0.6) is 0 Å². The van der Waals surface area contributed by atoms with E-state index < -0.39 is 0 Å². The highest BCUT2D eigenvalue weighted by atomic mass is 14.4. The fourth-order valence-corrected chi connectivity index (χ4v) is 5.09. The van der Waals surface area contributed by atoms with Crippen LogP contribution in [0.2, 0.25) is 0 Å². The van der Waals surface area contributed by atoms with Crippen LogP contribution >= 0.6 is 0 Å². The molecule has 1 fully saturated rings. The summed E-state index contributed by atoms with van der Waals surface area (Å²) in [6.07, 6.45) is 28.4. The Morgan fingerprint density at radius 1 is 0.500 bits per heavy atom. The number of rotatable bonds is 16. The summed E-state index contributed by atoms with van der Waals surface area (Å²) in [5.41, 5.74) is 0.756. The van der Waals surface area contributed by atoms with E-state index in [1.807, 2.05) is 0 Å². The Labute approximate surface area is 167 Å². The van der Waals surface area contributed by atoms with E-state index in [1.165, 1.54) is 103 Å². The van der Waals surface area contributed by atoms with Crippen LogP contribution in [-0.4, -0.2) is 0 Å². The average molecular weight is 365 g/mol. The first-order valence-corrected chi connectivity index (χ1v) is 12.5. The molecule has 0 N–H and O–H groups in total. The second kappa shape index (κ2) is 15.0. The zero-order valence-corrected chi connectivity index (χ0v) is 19.1. The monoisotopic (exact) mass is 364 g/mol. The fraction of sp³-hybridized carbons (Fsp3) is 1.00. The lowest BCUT2D eigenvalue weighted by Gasteiger charge is -2.38. The molecule has 0 aromatic heterocycles. The first-order valence-electron chi connectivity index (χ1n) is 12.5. The van der Waals surface area contributed by atoms with Crippen LogP contribution in [-0.2, 0) is 0 Å². The van der Waals surface area contributed by atoms with E-state index in [9.17, 15) is 0 Å². The fourth-order valence-electron chi connectivity index (χ4n) is 5.09. The van der Waals surface area contributed by atoms with Gasteiger partial charge >= 0.3 is 0 Å². The number of hydrogen-bond donors (Lipinski definition) is 0. The summed E-state index contributed by atoms with van der Waals surface area (Å²) in [5.74, 6) is 1.79. The third-order valence-corrected chi connectivity index (χ3v) is 6.89. The van der Waals surface area contributed by atoms with Crippen LogP contribution in [0.25, 0.3) is 0 Å². The summed E-state index contributed by atoms with van der Waals surface area (Å²) in [7, 11) is 0. The zero-order valence-electron chi connectivity index (χ0n) is 19.1. The Morgan fingerprint density at radius 3 is 1.38 bits per heavy atom. The highest BCUT2D eigenvalue weighted by molar-refractivity contribution is 4.83. The van der Waals surface area contributed by atoms with E-state index in [1.54, 1.807) is 19.3 Å². The maximum atomic E-state index is 2.38. The van der Waals surface area contributed by atoms with Gasteiger partial charge in [-0.2, -0.15) is 0 Å². The molecule has 1 rings (SSSR count). The van der Waals surface area contributed by atoms with Gasteiger partial charge < -0.3 is 0 Å². The standard InChI is InChI=1S/C26H52/c1-24(2)18-12-9-7-5-6-8-10-14-20-26(21-15-11-16-22-26)23-17-13-19-25(3)4/h24-25H,5-23H2,1-4H3. The van der Waals surface area contributed by atoms with Gasteiger partial charge in [-0.3, -0.25) is 0 Å². The normalized spacial score (nSPS) is 17.3. The summed E-state index contributed by atoms with van der Waals surface area (Å²) >= 11 is 0. The smallest absolute Gasteiger partial charge is 0.0297 e. The molecule has 0 spiro atoms. The molecule has 0 atom stereocenters. The molecule has 1 aliphatic carbocycles. The van der Waals surface area contributed by atoms with Gasteiger partial charge in [0.1, 0.15) is 0 Å². The van der Waals surface area contributed by atoms with E-state index in [4.69, 9.17) is 0 Å². The molecule has 0 unspecified atom stereocenters. The van der Waals surface area contributed by atoms with Gasteiger partial charge in [0, 0.05) is 0 Å². The Kier molecular flexibility index (Phi) is 13.9. The minimum atomic E-state index is 0.756. The lowest BCUT2D eigenvalue weighted by Crippen LogP contribution is -2.24. The molecule has 0 nitrogen and oxygen atoms in total. The molecule has 1 saturated carbocycles. The van der Waals surface area contributed by atoms with Crippen molar-refractivity contribution in [3.05, 3.63) is 0 Å². The molecule has 0 aliphatic heterocycles. The van der Waals surface area contributed by atoms with E-state index in [2.05, 4.69) is 27.7 Å². The van der Waals surface area contributed by atoms with Crippen molar-refractivity contribution in [1.29, 1.82) is 0 Å².